The van der Waals surface area contributed by atoms with E-state index in [9.17, 15) is 4.79 Å². The van der Waals surface area contributed by atoms with Crippen LogP contribution in [0.2, 0.25) is 0 Å². The van der Waals surface area contributed by atoms with E-state index in [4.69, 9.17) is 0 Å². The molecule has 1 aromatic rings. The molecule has 6 heteroatoms. The number of unbranched alkanes of at least 4 members (excludes halogenated alkanes) is 1. The Morgan fingerprint density at radius 1 is 1.41 bits per heavy atom. The third-order valence-corrected chi connectivity index (χ3v) is 3.21. The van der Waals surface area contributed by atoms with Crippen LogP contribution in [0.4, 0.5) is 5.82 Å². The lowest BCUT2D eigenvalue weighted by atomic mass is 10.3. The number of rotatable bonds is 7. The summed E-state index contributed by atoms with van der Waals surface area (Å²) in [6, 6.07) is 5.56. The molecule has 0 radical (unpaired) electrons. The van der Waals surface area contributed by atoms with Gasteiger partial charge < -0.3 is 15.5 Å². The molecule has 0 aliphatic carbocycles. The number of anilines is 1. The number of nitrogens with one attached hydrogen (secondary N) is 2. The van der Waals surface area contributed by atoms with Gasteiger partial charge in [-0.1, -0.05) is 19.4 Å². The average Bonchev–Trinajstić information content (AvgIpc) is 2.49. The molecule has 1 aromatic heterocycles. The minimum absolute atomic E-state index is 0.0581. The summed E-state index contributed by atoms with van der Waals surface area (Å²) in [5, 5.41) is 6.00. The number of aromatic nitrogens is 1. The highest BCUT2D eigenvalue weighted by atomic mass is 16.1. The van der Waals surface area contributed by atoms with E-state index in [-0.39, 0.29) is 5.91 Å². The minimum Gasteiger partial charge on any atom is -0.356 e. The van der Waals surface area contributed by atoms with E-state index in [1.165, 1.54) is 0 Å². The standard InChI is InChI=1S/C16H27N5O/c1-5-6-12-21(4)16(17-3)18-11-10-15(22)20-14-9-7-8-13(2)19-14/h7-9H,5-6,10-12H2,1-4H3,(H,17,18)(H,19,20,22). The molecule has 0 spiro atoms. The van der Waals surface area contributed by atoms with E-state index < -0.39 is 0 Å². The van der Waals surface area contributed by atoms with Gasteiger partial charge in [0.05, 0.1) is 0 Å². The van der Waals surface area contributed by atoms with E-state index >= 15 is 0 Å². The monoisotopic (exact) mass is 305 g/mol. The molecule has 1 rings (SSSR count). The molecule has 6 nitrogen and oxygen atoms in total. The highest BCUT2D eigenvalue weighted by Gasteiger charge is 2.07. The lowest BCUT2D eigenvalue weighted by Gasteiger charge is -2.21. The van der Waals surface area contributed by atoms with E-state index in [1.54, 1.807) is 13.1 Å². The number of aliphatic imine (C=N–C) groups is 1. The fourth-order valence-electron chi connectivity index (χ4n) is 1.99. The molecule has 0 fully saturated rings. The van der Waals surface area contributed by atoms with Gasteiger partial charge in [-0.2, -0.15) is 0 Å². The van der Waals surface area contributed by atoms with Crippen LogP contribution in [0.3, 0.4) is 0 Å². The van der Waals surface area contributed by atoms with Gasteiger partial charge >= 0.3 is 0 Å². The first-order valence-corrected chi connectivity index (χ1v) is 7.72. The largest absolute Gasteiger partial charge is 0.356 e. The van der Waals surface area contributed by atoms with Crippen LogP contribution in [0.1, 0.15) is 31.9 Å². The summed E-state index contributed by atoms with van der Waals surface area (Å²) >= 11 is 0. The fraction of sp³-hybridized carbons (Fsp3) is 0.562. The first kappa shape index (κ1) is 17.9. The average molecular weight is 305 g/mol. The van der Waals surface area contributed by atoms with Crippen molar-refractivity contribution in [3.8, 4) is 0 Å². The van der Waals surface area contributed by atoms with Crippen molar-refractivity contribution in [1.29, 1.82) is 0 Å². The van der Waals surface area contributed by atoms with Crippen LogP contribution in [0, 0.1) is 6.92 Å². The van der Waals surface area contributed by atoms with Crippen LogP contribution in [-0.2, 0) is 4.79 Å². The molecular weight excluding hydrogens is 278 g/mol. The molecule has 0 unspecified atom stereocenters. The van der Waals surface area contributed by atoms with Gasteiger partial charge in [-0.3, -0.25) is 9.79 Å². The fourth-order valence-corrected chi connectivity index (χ4v) is 1.99. The summed E-state index contributed by atoms with van der Waals surface area (Å²) < 4.78 is 0. The quantitative estimate of drug-likeness (QED) is 0.597. The molecule has 2 N–H and O–H groups in total. The smallest absolute Gasteiger partial charge is 0.227 e. The molecule has 22 heavy (non-hydrogen) atoms. The number of guanidine groups is 1. The number of hydrogen-bond acceptors (Lipinski definition) is 3. The molecule has 1 heterocycles. The summed E-state index contributed by atoms with van der Waals surface area (Å²) in [7, 11) is 3.75. The molecule has 0 bridgehead atoms. The SMILES string of the molecule is CCCCN(C)C(=NC)NCCC(=O)Nc1cccc(C)n1. The van der Waals surface area contributed by atoms with E-state index in [2.05, 4.69) is 32.4 Å². The Morgan fingerprint density at radius 3 is 2.82 bits per heavy atom. The second kappa shape index (κ2) is 9.76. The summed E-state index contributed by atoms with van der Waals surface area (Å²) in [4.78, 5) is 22.4. The lowest BCUT2D eigenvalue weighted by Crippen LogP contribution is -2.40. The van der Waals surface area contributed by atoms with Crippen molar-refractivity contribution in [3.05, 3.63) is 23.9 Å². The highest BCUT2D eigenvalue weighted by Crippen LogP contribution is 2.04. The second-order valence-electron chi connectivity index (χ2n) is 5.21. The molecular formula is C16H27N5O. The summed E-state index contributed by atoms with van der Waals surface area (Å²) in [6.07, 6.45) is 2.64. The third kappa shape index (κ3) is 6.56. The topological polar surface area (TPSA) is 69.6 Å². The van der Waals surface area contributed by atoms with Gasteiger partial charge in [-0.15, -0.1) is 0 Å². The van der Waals surface area contributed by atoms with Crippen LogP contribution in [0.5, 0.6) is 0 Å². The zero-order valence-corrected chi connectivity index (χ0v) is 14.0. The summed E-state index contributed by atoms with van der Waals surface area (Å²) in [5.41, 5.74) is 0.883. The lowest BCUT2D eigenvalue weighted by molar-refractivity contribution is -0.116. The van der Waals surface area contributed by atoms with Gasteiger partial charge in [0.2, 0.25) is 5.91 Å². The Kier molecular flexibility index (Phi) is 7.96. The predicted molar refractivity (Wildman–Crippen MR) is 91.1 cm³/mol. The number of hydrogen-bond donors (Lipinski definition) is 2. The molecule has 1 amide bonds. The third-order valence-electron chi connectivity index (χ3n) is 3.21. The van der Waals surface area contributed by atoms with Crippen LogP contribution in [0.15, 0.2) is 23.2 Å². The predicted octanol–water partition coefficient (Wildman–Crippen LogP) is 2.03. The van der Waals surface area contributed by atoms with Crippen LogP contribution in [0.25, 0.3) is 0 Å². The highest BCUT2D eigenvalue weighted by molar-refractivity contribution is 5.90. The van der Waals surface area contributed by atoms with Crippen molar-refractivity contribution in [3.63, 3.8) is 0 Å². The van der Waals surface area contributed by atoms with Gasteiger partial charge in [-0.05, 0) is 25.5 Å². The van der Waals surface area contributed by atoms with Gasteiger partial charge in [-0.25, -0.2) is 4.98 Å². The maximum Gasteiger partial charge on any atom is 0.227 e. The zero-order chi connectivity index (χ0) is 16.4. The number of aryl methyl sites for hydroxylation is 1. The Hall–Kier alpha value is -2.11. The van der Waals surface area contributed by atoms with Crippen molar-refractivity contribution < 1.29 is 4.79 Å². The molecule has 0 aliphatic rings. The second-order valence-corrected chi connectivity index (χ2v) is 5.21. The molecule has 0 aliphatic heterocycles. The number of carbonyl (C=O) groups is 1. The molecule has 0 aromatic carbocycles. The Balaban J connectivity index is 2.34. The number of amides is 1. The van der Waals surface area contributed by atoms with E-state index in [0.29, 0.717) is 18.8 Å². The Bertz CT molecular complexity index is 501. The first-order chi connectivity index (χ1) is 10.6. The first-order valence-electron chi connectivity index (χ1n) is 7.72. The maximum absolute atomic E-state index is 11.9. The van der Waals surface area contributed by atoms with Gasteiger partial charge in [0.25, 0.3) is 0 Å². The van der Waals surface area contributed by atoms with Crippen molar-refractivity contribution in [2.24, 2.45) is 4.99 Å². The summed E-state index contributed by atoms with van der Waals surface area (Å²) in [5.74, 6) is 1.35. The van der Waals surface area contributed by atoms with Crippen molar-refractivity contribution in [2.45, 2.75) is 33.1 Å². The van der Waals surface area contributed by atoms with Gasteiger partial charge in [0.1, 0.15) is 5.82 Å². The van der Waals surface area contributed by atoms with Crippen molar-refractivity contribution >= 4 is 17.7 Å². The normalized spacial score (nSPS) is 11.2. The molecule has 0 saturated heterocycles. The molecule has 122 valence electrons. The van der Waals surface area contributed by atoms with E-state index in [0.717, 1.165) is 31.0 Å². The van der Waals surface area contributed by atoms with Crippen molar-refractivity contribution in [1.82, 2.24) is 15.2 Å². The number of nitrogens with zero attached hydrogens (tertiary/aromatic N) is 3. The Morgan fingerprint density at radius 2 is 2.18 bits per heavy atom. The maximum atomic E-state index is 11.9. The molecule has 0 atom stereocenters. The number of carbonyl (C=O) groups excluding carboxylic acids is 1. The van der Waals surface area contributed by atoms with Gasteiger partial charge in [0.15, 0.2) is 5.96 Å². The number of pyridine rings is 1. The van der Waals surface area contributed by atoms with Crippen LogP contribution < -0.4 is 10.6 Å². The van der Waals surface area contributed by atoms with Crippen LogP contribution in [-0.4, -0.2) is 48.9 Å². The zero-order valence-electron chi connectivity index (χ0n) is 14.0. The minimum atomic E-state index is -0.0581. The summed E-state index contributed by atoms with van der Waals surface area (Å²) in [6.45, 7) is 5.55. The van der Waals surface area contributed by atoms with Crippen LogP contribution >= 0.6 is 0 Å². The Labute approximate surface area is 133 Å². The van der Waals surface area contributed by atoms with E-state index in [1.807, 2.05) is 26.1 Å². The molecule has 0 saturated carbocycles. The van der Waals surface area contributed by atoms with Crippen molar-refractivity contribution in [2.75, 3.05) is 32.5 Å². The van der Waals surface area contributed by atoms with Gasteiger partial charge in [0, 0.05) is 39.3 Å².